The van der Waals surface area contributed by atoms with Gasteiger partial charge in [0, 0.05) is 13.7 Å². The molecular weight excluding hydrogens is 138 g/mol. The maximum atomic E-state index is 5.17. The molecule has 2 nitrogen and oxygen atoms in total. The highest BCUT2D eigenvalue weighted by Crippen LogP contribution is 2.38. The summed E-state index contributed by atoms with van der Waals surface area (Å²) in [5.74, 6) is 2.79. The lowest BCUT2D eigenvalue weighted by Gasteiger charge is -2.08. The Morgan fingerprint density at radius 3 is 2.45 bits per heavy atom. The van der Waals surface area contributed by atoms with Crippen molar-refractivity contribution in [3.05, 3.63) is 0 Å². The van der Waals surface area contributed by atoms with Gasteiger partial charge in [-0.25, -0.2) is 0 Å². The van der Waals surface area contributed by atoms with Gasteiger partial charge in [-0.05, 0) is 43.7 Å². The van der Waals surface area contributed by atoms with Crippen LogP contribution in [0.2, 0.25) is 0 Å². The van der Waals surface area contributed by atoms with E-state index in [0.717, 1.165) is 24.4 Å². The molecule has 2 atom stereocenters. The quantitative estimate of drug-likeness (QED) is 0.639. The van der Waals surface area contributed by atoms with Gasteiger partial charge in [-0.3, -0.25) is 0 Å². The van der Waals surface area contributed by atoms with Crippen LogP contribution in [-0.4, -0.2) is 26.8 Å². The van der Waals surface area contributed by atoms with Crippen LogP contribution in [0.4, 0.5) is 0 Å². The molecule has 0 radical (unpaired) electrons. The van der Waals surface area contributed by atoms with E-state index in [1.54, 1.807) is 0 Å². The van der Waals surface area contributed by atoms with Crippen LogP contribution in [0.1, 0.15) is 12.8 Å². The Bertz CT molecular complexity index is 126. The minimum absolute atomic E-state index is 0.858. The molecule has 2 fully saturated rings. The van der Waals surface area contributed by atoms with Gasteiger partial charge in [-0.1, -0.05) is 0 Å². The molecule has 2 rings (SSSR count). The van der Waals surface area contributed by atoms with Gasteiger partial charge in [0.15, 0.2) is 0 Å². The number of hydrogen-bond acceptors (Lipinski definition) is 2. The van der Waals surface area contributed by atoms with E-state index < -0.39 is 0 Å². The second kappa shape index (κ2) is 3.11. The van der Waals surface area contributed by atoms with Gasteiger partial charge in [-0.2, -0.15) is 0 Å². The van der Waals surface area contributed by atoms with Gasteiger partial charge in [0.2, 0.25) is 0 Å². The highest BCUT2D eigenvalue weighted by Gasteiger charge is 2.36. The first-order valence-corrected chi connectivity index (χ1v) is 4.60. The Kier molecular flexibility index (Phi) is 2.14. The van der Waals surface area contributed by atoms with E-state index in [-0.39, 0.29) is 0 Å². The summed E-state index contributed by atoms with van der Waals surface area (Å²) in [6.45, 7) is 3.49. The van der Waals surface area contributed by atoms with Crippen molar-refractivity contribution in [3.8, 4) is 0 Å². The molecule has 1 aliphatic carbocycles. The second-order valence-electron chi connectivity index (χ2n) is 3.97. The number of nitrogens with one attached hydrogen (secondary N) is 1. The molecule has 2 unspecified atom stereocenters. The third-order valence-electron chi connectivity index (χ3n) is 3.15. The topological polar surface area (TPSA) is 21.3 Å². The lowest BCUT2D eigenvalue weighted by Crippen LogP contribution is -2.13. The molecule has 1 saturated heterocycles. The van der Waals surface area contributed by atoms with Crippen LogP contribution in [0.25, 0.3) is 0 Å². The summed E-state index contributed by atoms with van der Waals surface area (Å²) in [6.07, 6.45) is 2.79. The van der Waals surface area contributed by atoms with Crippen molar-refractivity contribution in [2.75, 3.05) is 26.8 Å². The van der Waals surface area contributed by atoms with Crippen molar-refractivity contribution < 1.29 is 4.74 Å². The van der Waals surface area contributed by atoms with Crippen LogP contribution in [0.15, 0.2) is 0 Å². The number of methoxy groups -OCH3 is 1. The van der Waals surface area contributed by atoms with E-state index >= 15 is 0 Å². The van der Waals surface area contributed by atoms with Crippen molar-refractivity contribution in [2.24, 2.45) is 17.8 Å². The fourth-order valence-corrected chi connectivity index (χ4v) is 2.66. The predicted octanol–water partition coefficient (Wildman–Crippen LogP) is 0.878. The van der Waals surface area contributed by atoms with Crippen LogP contribution in [-0.2, 0) is 4.74 Å². The Hall–Kier alpha value is -0.0800. The molecule has 0 bridgehead atoms. The monoisotopic (exact) mass is 155 g/mol. The van der Waals surface area contributed by atoms with E-state index in [9.17, 15) is 0 Å². The van der Waals surface area contributed by atoms with Gasteiger partial charge < -0.3 is 10.1 Å². The number of rotatable bonds is 2. The zero-order valence-electron chi connectivity index (χ0n) is 7.18. The molecule has 0 aromatic heterocycles. The van der Waals surface area contributed by atoms with E-state index in [1.165, 1.54) is 25.9 Å². The minimum Gasteiger partial charge on any atom is -0.384 e. The zero-order chi connectivity index (χ0) is 7.68. The molecular formula is C9H17NO. The first-order chi connectivity index (χ1) is 5.40. The molecule has 1 saturated carbocycles. The summed E-state index contributed by atoms with van der Waals surface area (Å²) in [7, 11) is 1.81. The van der Waals surface area contributed by atoms with E-state index in [2.05, 4.69) is 5.32 Å². The summed E-state index contributed by atoms with van der Waals surface area (Å²) >= 11 is 0. The Labute approximate surface area is 68.3 Å². The third kappa shape index (κ3) is 1.42. The number of ether oxygens (including phenoxy) is 1. The summed E-state index contributed by atoms with van der Waals surface area (Å²) in [6, 6.07) is 0. The largest absolute Gasteiger partial charge is 0.384 e. The molecule has 0 aromatic rings. The van der Waals surface area contributed by atoms with Crippen LogP contribution in [0, 0.1) is 17.8 Å². The summed E-state index contributed by atoms with van der Waals surface area (Å²) < 4.78 is 5.17. The minimum atomic E-state index is 0.858. The molecule has 11 heavy (non-hydrogen) atoms. The predicted molar refractivity (Wildman–Crippen MR) is 44.4 cm³/mol. The lowest BCUT2D eigenvalue weighted by molar-refractivity contribution is 0.151. The zero-order valence-corrected chi connectivity index (χ0v) is 7.18. The molecule has 0 spiro atoms. The summed E-state index contributed by atoms with van der Waals surface area (Å²) in [4.78, 5) is 0. The van der Waals surface area contributed by atoms with Crippen molar-refractivity contribution in [2.45, 2.75) is 12.8 Å². The Morgan fingerprint density at radius 2 is 1.91 bits per heavy atom. The Morgan fingerprint density at radius 1 is 1.27 bits per heavy atom. The van der Waals surface area contributed by atoms with Gasteiger partial charge in [0.05, 0.1) is 0 Å². The highest BCUT2D eigenvalue weighted by molar-refractivity contribution is 4.90. The summed E-state index contributed by atoms with van der Waals surface area (Å²) in [5, 5.41) is 3.45. The fraction of sp³-hybridized carbons (Fsp3) is 1.00. The van der Waals surface area contributed by atoms with Crippen LogP contribution in [0.5, 0.6) is 0 Å². The molecule has 0 aromatic carbocycles. The van der Waals surface area contributed by atoms with Gasteiger partial charge in [0.25, 0.3) is 0 Å². The maximum Gasteiger partial charge on any atom is 0.0490 e. The van der Waals surface area contributed by atoms with Crippen molar-refractivity contribution >= 4 is 0 Å². The van der Waals surface area contributed by atoms with Gasteiger partial charge in [0.1, 0.15) is 0 Å². The molecule has 1 aliphatic heterocycles. The van der Waals surface area contributed by atoms with E-state index in [4.69, 9.17) is 4.74 Å². The molecule has 2 aliphatic rings. The third-order valence-corrected chi connectivity index (χ3v) is 3.15. The first kappa shape index (κ1) is 7.56. The fourth-order valence-electron chi connectivity index (χ4n) is 2.66. The van der Waals surface area contributed by atoms with Crippen LogP contribution >= 0.6 is 0 Å². The molecule has 2 heteroatoms. The van der Waals surface area contributed by atoms with Crippen molar-refractivity contribution in [3.63, 3.8) is 0 Å². The lowest BCUT2D eigenvalue weighted by atomic mass is 10.0. The number of fused-ring (bicyclic) bond motifs is 1. The average molecular weight is 155 g/mol. The van der Waals surface area contributed by atoms with Crippen molar-refractivity contribution in [1.29, 1.82) is 0 Å². The van der Waals surface area contributed by atoms with E-state index in [0.29, 0.717) is 0 Å². The van der Waals surface area contributed by atoms with Gasteiger partial charge >= 0.3 is 0 Å². The van der Waals surface area contributed by atoms with Gasteiger partial charge in [-0.15, -0.1) is 0 Å². The number of hydrogen-bond donors (Lipinski definition) is 1. The van der Waals surface area contributed by atoms with Crippen LogP contribution in [0.3, 0.4) is 0 Å². The van der Waals surface area contributed by atoms with Crippen molar-refractivity contribution in [1.82, 2.24) is 5.32 Å². The Balaban J connectivity index is 1.84. The normalized spacial score (nSPS) is 42.8. The second-order valence-corrected chi connectivity index (χ2v) is 3.97. The molecule has 1 N–H and O–H groups in total. The molecule has 64 valence electrons. The molecule has 0 amide bonds. The highest BCUT2D eigenvalue weighted by atomic mass is 16.5. The average Bonchev–Trinajstić information content (AvgIpc) is 2.46. The standard InChI is InChI=1S/C9H17NO/c1-11-6-7-2-8-4-10-5-9(8)3-7/h7-10H,2-6H2,1H3. The SMILES string of the molecule is COCC1CC2CNCC2C1. The first-order valence-electron chi connectivity index (χ1n) is 4.60. The van der Waals surface area contributed by atoms with Crippen LogP contribution < -0.4 is 5.32 Å². The smallest absolute Gasteiger partial charge is 0.0490 e. The van der Waals surface area contributed by atoms with E-state index in [1.807, 2.05) is 7.11 Å². The summed E-state index contributed by atoms with van der Waals surface area (Å²) in [5.41, 5.74) is 0. The molecule has 1 heterocycles. The maximum absolute atomic E-state index is 5.17.